The average molecular weight is 436 g/mol. The van der Waals surface area contributed by atoms with Crippen molar-refractivity contribution in [2.45, 2.75) is 38.0 Å². The second kappa shape index (κ2) is 9.13. The van der Waals surface area contributed by atoms with E-state index >= 15 is 0 Å². The predicted molar refractivity (Wildman–Crippen MR) is 116 cm³/mol. The lowest BCUT2D eigenvalue weighted by molar-refractivity contribution is -0.119. The van der Waals surface area contributed by atoms with Gasteiger partial charge in [-0.15, -0.1) is 12.4 Å². The molecule has 0 aliphatic carbocycles. The Morgan fingerprint density at radius 1 is 1.21 bits per heavy atom. The molecule has 0 spiro atoms. The number of halogens is 2. The number of nitrogens with one attached hydrogen (secondary N) is 2. The third-order valence-electron chi connectivity index (χ3n) is 5.23. The van der Waals surface area contributed by atoms with Crippen LogP contribution in [0.3, 0.4) is 0 Å². The molecule has 1 fully saturated rings. The molecule has 0 saturated carbocycles. The van der Waals surface area contributed by atoms with Crippen LogP contribution < -0.4 is 15.5 Å². The van der Waals surface area contributed by atoms with Crippen LogP contribution in [0, 0.1) is 0 Å². The van der Waals surface area contributed by atoms with Crippen LogP contribution in [0.5, 0.6) is 0 Å². The highest BCUT2D eigenvalue weighted by Crippen LogP contribution is 2.32. The molecule has 2 aliphatic rings. The molecule has 2 aromatic rings. The first-order valence-electron chi connectivity index (χ1n) is 9.39. The summed E-state index contributed by atoms with van der Waals surface area (Å²) in [4.78, 5) is 26.6. The number of β-amino-alcohol motifs (C(OH)–C–C–N with tert-alkyl or cyclic N) is 1. The summed E-state index contributed by atoms with van der Waals surface area (Å²) in [5.74, 6) is -0.0650. The zero-order chi connectivity index (χ0) is 19.7. The van der Waals surface area contributed by atoms with Gasteiger partial charge in [-0.3, -0.25) is 9.59 Å². The second-order valence-electron chi connectivity index (χ2n) is 7.29. The fraction of sp³-hybridized carbons (Fsp3) is 0.333. The molecule has 2 atom stereocenters. The molecule has 0 radical (unpaired) electrons. The van der Waals surface area contributed by atoms with Crippen molar-refractivity contribution in [3.63, 3.8) is 0 Å². The van der Waals surface area contributed by atoms with E-state index in [-0.39, 0.29) is 30.3 Å². The van der Waals surface area contributed by atoms with E-state index in [9.17, 15) is 14.7 Å². The normalized spacial score (nSPS) is 20.8. The molecule has 0 aromatic heterocycles. The topological polar surface area (TPSA) is 81.7 Å². The zero-order valence-corrected chi connectivity index (χ0v) is 17.3. The Balaban J connectivity index is 0.00000240. The van der Waals surface area contributed by atoms with Crippen LogP contribution in [-0.2, 0) is 22.6 Å². The molecular formula is C21H23Cl2N3O3. The lowest BCUT2D eigenvalue weighted by atomic mass is 9.99. The van der Waals surface area contributed by atoms with E-state index in [4.69, 9.17) is 11.6 Å². The van der Waals surface area contributed by atoms with Crippen molar-refractivity contribution in [1.29, 1.82) is 0 Å². The highest BCUT2D eigenvalue weighted by Gasteiger charge is 2.29. The summed E-state index contributed by atoms with van der Waals surface area (Å²) >= 11 is 5.94. The van der Waals surface area contributed by atoms with Crippen LogP contribution in [0.2, 0.25) is 5.02 Å². The Morgan fingerprint density at radius 2 is 1.97 bits per heavy atom. The molecule has 2 heterocycles. The van der Waals surface area contributed by atoms with Crippen molar-refractivity contribution in [2.24, 2.45) is 0 Å². The van der Waals surface area contributed by atoms with Crippen LogP contribution in [0.25, 0.3) is 0 Å². The molecule has 2 aliphatic heterocycles. The highest BCUT2D eigenvalue weighted by atomic mass is 35.5. The fourth-order valence-corrected chi connectivity index (χ4v) is 3.86. The summed E-state index contributed by atoms with van der Waals surface area (Å²) in [6, 6.07) is 12.7. The maximum atomic E-state index is 12.5. The van der Waals surface area contributed by atoms with Crippen LogP contribution in [0.4, 0.5) is 11.4 Å². The maximum absolute atomic E-state index is 12.5. The Kier molecular flexibility index (Phi) is 6.80. The van der Waals surface area contributed by atoms with Crippen molar-refractivity contribution in [3.8, 4) is 0 Å². The number of aryl methyl sites for hydroxylation is 1. The molecule has 1 saturated heterocycles. The van der Waals surface area contributed by atoms with Gasteiger partial charge < -0.3 is 20.6 Å². The highest BCUT2D eigenvalue weighted by molar-refractivity contribution is 6.30. The number of anilines is 2. The van der Waals surface area contributed by atoms with Crippen LogP contribution in [0.1, 0.15) is 24.0 Å². The average Bonchev–Trinajstić information content (AvgIpc) is 3.12. The summed E-state index contributed by atoms with van der Waals surface area (Å²) in [5, 5.41) is 16.2. The van der Waals surface area contributed by atoms with Gasteiger partial charge in [-0.1, -0.05) is 23.7 Å². The molecule has 29 heavy (non-hydrogen) atoms. The Bertz CT molecular complexity index is 905. The first-order valence-corrected chi connectivity index (χ1v) is 9.77. The van der Waals surface area contributed by atoms with Crippen LogP contribution in [0.15, 0.2) is 42.5 Å². The summed E-state index contributed by atoms with van der Waals surface area (Å²) in [7, 11) is 0. The second-order valence-corrected chi connectivity index (χ2v) is 7.73. The number of hydrogen-bond acceptors (Lipinski definition) is 4. The van der Waals surface area contributed by atoms with E-state index in [1.54, 1.807) is 4.90 Å². The van der Waals surface area contributed by atoms with E-state index in [2.05, 4.69) is 10.6 Å². The molecule has 3 N–H and O–H groups in total. The molecular weight excluding hydrogens is 413 g/mol. The van der Waals surface area contributed by atoms with Crippen molar-refractivity contribution < 1.29 is 14.7 Å². The number of nitrogens with zero attached hydrogens (tertiary/aromatic N) is 1. The molecule has 8 heteroatoms. The number of aliphatic hydroxyl groups excluding tert-OH is 1. The Hall–Kier alpha value is -2.12. The standard InChI is InChI=1S/C21H22ClN3O3.ClH/c22-15-4-1-13(2-5-15)12-25-19-7-6-16(9-14(19)3-8-20(25)27)24-21(28)18-10-17(26)11-23-18;/h1-2,4-7,9,17-18,23,26H,3,8,10-12H2,(H,24,28);1H. The SMILES string of the molecule is Cl.O=C(Nc1ccc2c(c1)CCC(=O)N2Cc1ccc(Cl)cc1)C1CC(O)CN1. The molecule has 2 amide bonds. The third-order valence-corrected chi connectivity index (χ3v) is 5.48. The van der Waals surface area contributed by atoms with Gasteiger partial charge >= 0.3 is 0 Å². The zero-order valence-electron chi connectivity index (χ0n) is 15.7. The number of rotatable bonds is 4. The number of carbonyl (C=O) groups excluding carboxylic acids is 2. The number of carbonyl (C=O) groups is 2. The lowest BCUT2D eigenvalue weighted by Gasteiger charge is -2.30. The largest absolute Gasteiger partial charge is 0.392 e. The molecule has 0 bridgehead atoms. The first-order chi connectivity index (χ1) is 13.5. The van der Waals surface area contributed by atoms with Crippen molar-refractivity contribution >= 4 is 47.2 Å². The molecule has 2 aromatic carbocycles. The summed E-state index contributed by atoms with van der Waals surface area (Å²) in [5.41, 5.74) is 3.62. The third kappa shape index (κ3) is 4.90. The minimum Gasteiger partial charge on any atom is -0.392 e. The number of benzene rings is 2. The predicted octanol–water partition coefficient (Wildman–Crippen LogP) is 2.90. The van der Waals surface area contributed by atoms with Gasteiger partial charge in [0.1, 0.15) is 0 Å². The van der Waals surface area contributed by atoms with Gasteiger partial charge in [0.05, 0.1) is 18.7 Å². The van der Waals surface area contributed by atoms with Gasteiger partial charge in [0.2, 0.25) is 11.8 Å². The smallest absolute Gasteiger partial charge is 0.241 e. The van der Waals surface area contributed by atoms with Crippen molar-refractivity contribution in [1.82, 2.24) is 5.32 Å². The summed E-state index contributed by atoms with van der Waals surface area (Å²) < 4.78 is 0. The monoisotopic (exact) mass is 435 g/mol. The van der Waals surface area contributed by atoms with Gasteiger partial charge in [0.25, 0.3) is 0 Å². The minimum absolute atomic E-state index is 0. The van der Waals surface area contributed by atoms with E-state index in [0.717, 1.165) is 16.8 Å². The summed E-state index contributed by atoms with van der Waals surface area (Å²) in [6.45, 7) is 0.919. The molecule has 2 unspecified atom stereocenters. The lowest BCUT2D eigenvalue weighted by Crippen LogP contribution is -2.36. The van der Waals surface area contributed by atoms with Gasteiger partial charge in [-0.2, -0.15) is 0 Å². The first kappa shape index (κ1) is 21.6. The molecule has 4 rings (SSSR count). The van der Waals surface area contributed by atoms with E-state index < -0.39 is 6.10 Å². The quantitative estimate of drug-likeness (QED) is 0.689. The number of aliphatic hydroxyl groups is 1. The fourth-order valence-electron chi connectivity index (χ4n) is 3.73. The molecule has 6 nitrogen and oxygen atoms in total. The maximum Gasteiger partial charge on any atom is 0.241 e. The minimum atomic E-state index is -0.480. The van der Waals surface area contributed by atoms with Gasteiger partial charge in [0.15, 0.2) is 0 Å². The van der Waals surface area contributed by atoms with Gasteiger partial charge in [-0.05, 0) is 54.3 Å². The molecule has 154 valence electrons. The number of hydrogen-bond donors (Lipinski definition) is 3. The van der Waals surface area contributed by atoms with E-state index in [0.29, 0.717) is 43.1 Å². The van der Waals surface area contributed by atoms with E-state index in [1.807, 2.05) is 42.5 Å². The van der Waals surface area contributed by atoms with E-state index in [1.165, 1.54) is 0 Å². The Labute approximate surface area is 180 Å². The van der Waals surface area contributed by atoms with Gasteiger partial charge in [-0.25, -0.2) is 0 Å². The summed E-state index contributed by atoms with van der Waals surface area (Å²) in [6.07, 6.45) is 1.02. The van der Waals surface area contributed by atoms with Gasteiger partial charge in [0, 0.05) is 29.4 Å². The Morgan fingerprint density at radius 3 is 2.66 bits per heavy atom. The van der Waals surface area contributed by atoms with Crippen molar-refractivity contribution in [3.05, 3.63) is 58.6 Å². The number of amides is 2. The van der Waals surface area contributed by atoms with Crippen LogP contribution >= 0.6 is 24.0 Å². The van der Waals surface area contributed by atoms with Crippen LogP contribution in [-0.4, -0.2) is 35.6 Å². The number of fused-ring (bicyclic) bond motifs is 1. The van der Waals surface area contributed by atoms with Crippen molar-refractivity contribution in [2.75, 3.05) is 16.8 Å².